The summed E-state index contributed by atoms with van der Waals surface area (Å²) in [7, 11) is 0. The second-order valence-electron chi connectivity index (χ2n) is 6.80. The van der Waals surface area contributed by atoms with Crippen LogP contribution in [0.15, 0.2) is 59.7 Å². The van der Waals surface area contributed by atoms with E-state index in [0.29, 0.717) is 12.0 Å². The molecule has 1 aliphatic carbocycles. The van der Waals surface area contributed by atoms with Crippen molar-refractivity contribution in [1.82, 2.24) is 0 Å². The molecule has 2 atom stereocenters. The van der Waals surface area contributed by atoms with Crippen LogP contribution in [0.2, 0.25) is 0 Å². The number of thioether (sulfide) groups is 1. The number of aliphatic hydroxyl groups is 2. The number of carbonyl (C=O) groups excluding carboxylic acids is 1. The average molecular weight is 403 g/mol. The highest BCUT2D eigenvalue weighted by atomic mass is 32.2. The minimum atomic E-state index is -0.213. The van der Waals surface area contributed by atoms with Gasteiger partial charge in [0.15, 0.2) is 5.78 Å². The molecule has 1 aromatic carbocycles. The third-order valence-electron chi connectivity index (χ3n) is 4.60. The average Bonchev–Trinajstić information content (AvgIpc) is 2.93. The van der Waals surface area contributed by atoms with Gasteiger partial charge in [-0.25, -0.2) is 0 Å². The molecular formula is C23H30O4S. The molecule has 2 unspecified atom stereocenters. The van der Waals surface area contributed by atoms with E-state index in [9.17, 15) is 15.0 Å². The number of aliphatic hydroxyl groups excluding tert-OH is 2. The van der Waals surface area contributed by atoms with Crippen LogP contribution in [0.4, 0.5) is 0 Å². The largest absolute Gasteiger partial charge is 0.479 e. The zero-order valence-corrected chi connectivity index (χ0v) is 17.5. The molecule has 0 bridgehead atoms. The lowest BCUT2D eigenvalue weighted by atomic mass is 10.0. The Kier molecular flexibility index (Phi) is 9.55. The van der Waals surface area contributed by atoms with Gasteiger partial charge in [0.05, 0.1) is 6.61 Å². The summed E-state index contributed by atoms with van der Waals surface area (Å²) in [5, 5.41) is 19.0. The van der Waals surface area contributed by atoms with E-state index >= 15 is 0 Å². The van der Waals surface area contributed by atoms with E-state index in [0.717, 1.165) is 30.6 Å². The van der Waals surface area contributed by atoms with Crippen LogP contribution in [0.5, 0.6) is 5.75 Å². The Morgan fingerprint density at radius 1 is 1.25 bits per heavy atom. The van der Waals surface area contributed by atoms with Crippen molar-refractivity contribution in [1.29, 1.82) is 0 Å². The first-order chi connectivity index (χ1) is 13.6. The number of allylic oxidation sites excluding steroid dienone is 6. The predicted octanol–water partition coefficient (Wildman–Crippen LogP) is 4.22. The van der Waals surface area contributed by atoms with Gasteiger partial charge >= 0.3 is 0 Å². The van der Waals surface area contributed by atoms with Gasteiger partial charge in [0.1, 0.15) is 11.2 Å². The van der Waals surface area contributed by atoms with Gasteiger partial charge in [-0.05, 0) is 37.8 Å². The van der Waals surface area contributed by atoms with Crippen LogP contribution in [-0.4, -0.2) is 39.9 Å². The number of ketones is 1. The lowest BCUT2D eigenvalue weighted by molar-refractivity contribution is -0.113. The van der Waals surface area contributed by atoms with E-state index < -0.39 is 0 Å². The summed E-state index contributed by atoms with van der Waals surface area (Å²) in [4.78, 5) is 11.6. The van der Waals surface area contributed by atoms with E-state index in [4.69, 9.17) is 4.74 Å². The Morgan fingerprint density at radius 3 is 2.71 bits per heavy atom. The number of Topliss-reactive ketones (excluding diaryl/α,β-unsaturated/α-hetero) is 1. The second kappa shape index (κ2) is 11.9. The molecule has 0 aromatic heterocycles. The van der Waals surface area contributed by atoms with Gasteiger partial charge in [-0.2, -0.15) is 0 Å². The van der Waals surface area contributed by atoms with Crippen LogP contribution in [0, 0.1) is 0 Å². The minimum absolute atomic E-state index is 0.0380. The van der Waals surface area contributed by atoms with Crippen LogP contribution < -0.4 is 4.74 Å². The van der Waals surface area contributed by atoms with Crippen molar-refractivity contribution in [3.8, 4) is 5.75 Å². The van der Waals surface area contributed by atoms with Gasteiger partial charge in [-0.3, -0.25) is 4.79 Å². The number of para-hydroxylation sites is 1. The maximum absolute atomic E-state index is 11.6. The van der Waals surface area contributed by atoms with Crippen molar-refractivity contribution < 1.29 is 19.7 Å². The number of rotatable bonds is 11. The number of carbonyl (C=O) groups is 1. The molecule has 5 heteroatoms. The minimum Gasteiger partial charge on any atom is -0.479 e. The van der Waals surface area contributed by atoms with Gasteiger partial charge in [0.25, 0.3) is 0 Å². The van der Waals surface area contributed by atoms with Crippen molar-refractivity contribution in [3.63, 3.8) is 0 Å². The summed E-state index contributed by atoms with van der Waals surface area (Å²) in [6.45, 7) is 3.74. The van der Waals surface area contributed by atoms with Gasteiger partial charge in [0.2, 0.25) is 0 Å². The third-order valence-corrected chi connectivity index (χ3v) is 6.10. The first-order valence-electron chi connectivity index (χ1n) is 9.76. The first-order valence-corrected chi connectivity index (χ1v) is 10.7. The third kappa shape index (κ3) is 6.97. The lowest BCUT2D eigenvalue weighted by Gasteiger charge is -2.23. The maximum Gasteiger partial charge on any atom is 0.159 e. The molecule has 0 radical (unpaired) electrons. The molecule has 0 fully saturated rings. The number of hydrogen-bond donors (Lipinski definition) is 2. The quantitative estimate of drug-likeness (QED) is 0.543. The van der Waals surface area contributed by atoms with Gasteiger partial charge in [0, 0.05) is 23.9 Å². The van der Waals surface area contributed by atoms with E-state index in [2.05, 4.69) is 0 Å². The van der Waals surface area contributed by atoms with Crippen molar-refractivity contribution in [2.45, 2.75) is 50.2 Å². The molecule has 0 amide bonds. The molecule has 4 nitrogen and oxygen atoms in total. The second-order valence-corrected chi connectivity index (χ2v) is 8.27. The highest BCUT2D eigenvalue weighted by molar-refractivity contribution is 8.00. The highest BCUT2D eigenvalue weighted by Gasteiger charge is 2.18. The highest BCUT2D eigenvalue weighted by Crippen LogP contribution is 2.30. The topological polar surface area (TPSA) is 66.8 Å². The molecule has 0 saturated carbocycles. The number of benzene rings is 1. The van der Waals surface area contributed by atoms with Gasteiger partial charge in [-0.15, -0.1) is 11.8 Å². The van der Waals surface area contributed by atoms with Crippen molar-refractivity contribution in [2.75, 3.05) is 13.2 Å². The van der Waals surface area contributed by atoms with Crippen LogP contribution in [0.1, 0.15) is 38.7 Å². The van der Waals surface area contributed by atoms with Crippen LogP contribution >= 0.6 is 11.8 Å². The van der Waals surface area contributed by atoms with Crippen molar-refractivity contribution in [2.24, 2.45) is 0 Å². The molecule has 0 aliphatic heterocycles. The molecular weight excluding hydrogens is 372 g/mol. The van der Waals surface area contributed by atoms with E-state index in [-0.39, 0.29) is 29.7 Å². The SMILES string of the molecule is CCC(CO)SC(CCO)Oc1ccccc1CC1=CC=C(C(C)=O)C=CC1. The Labute approximate surface area is 172 Å². The van der Waals surface area contributed by atoms with Gasteiger partial charge < -0.3 is 14.9 Å². The Morgan fingerprint density at radius 2 is 2.04 bits per heavy atom. The molecule has 2 rings (SSSR count). The fraction of sp³-hybridized carbons (Fsp3) is 0.435. The maximum atomic E-state index is 11.6. The lowest BCUT2D eigenvalue weighted by Crippen LogP contribution is -2.21. The van der Waals surface area contributed by atoms with Crippen LogP contribution in [-0.2, 0) is 11.2 Å². The zero-order valence-electron chi connectivity index (χ0n) is 16.6. The van der Waals surface area contributed by atoms with E-state index in [1.54, 1.807) is 18.7 Å². The Hall–Kier alpha value is -1.82. The first kappa shape index (κ1) is 22.5. The van der Waals surface area contributed by atoms with Gasteiger partial charge in [-0.1, -0.05) is 55.0 Å². The molecule has 0 heterocycles. The van der Waals surface area contributed by atoms with Crippen LogP contribution in [0.3, 0.4) is 0 Å². The molecule has 0 spiro atoms. The predicted molar refractivity (Wildman–Crippen MR) is 116 cm³/mol. The standard InChI is InChI=1S/C23H30O4S/c1-3-21(16-25)28-23(13-14-24)27-22-10-5-4-8-20(22)15-18-7-6-9-19(12-11-18)17(2)26/h4-6,8-12,21,23-25H,3,7,13-16H2,1-2H3. The van der Waals surface area contributed by atoms with Crippen molar-refractivity contribution >= 4 is 17.5 Å². The number of hydrogen-bond acceptors (Lipinski definition) is 5. The summed E-state index contributed by atoms with van der Waals surface area (Å²) in [6, 6.07) is 7.93. The monoisotopic (exact) mass is 402 g/mol. The molecule has 0 saturated heterocycles. The normalized spacial score (nSPS) is 16.0. The molecule has 1 aliphatic rings. The molecule has 2 N–H and O–H groups in total. The van der Waals surface area contributed by atoms with E-state index in [1.807, 2.05) is 55.5 Å². The number of ether oxygens (including phenoxy) is 1. The van der Waals surface area contributed by atoms with Crippen molar-refractivity contribution in [3.05, 3.63) is 65.3 Å². The smallest absolute Gasteiger partial charge is 0.159 e. The summed E-state index contributed by atoms with van der Waals surface area (Å²) >= 11 is 1.57. The fourth-order valence-electron chi connectivity index (χ4n) is 2.93. The molecule has 28 heavy (non-hydrogen) atoms. The summed E-state index contributed by atoms with van der Waals surface area (Å²) < 4.78 is 6.23. The summed E-state index contributed by atoms with van der Waals surface area (Å²) in [5.74, 6) is 0.863. The molecule has 152 valence electrons. The molecule has 1 aromatic rings. The van der Waals surface area contributed by atoms with Crippen LogP contribution in [0.25, 0.3) is 0 Å². The fourth-order valence-corrected chi connectivity index (χ4v) is 4.04. The van der Waals surface area contributed by atoms with E-state index in [1.165, 1.54) is 5.57 Å². The Bertz CT molecular complexity index is 732. The summed E-state index contributed by atoms with van der Waals surface area (Å²) in [6.07, 6.45) is 10.7. The Balaban J connectivity index is 2.15. The zero-order chi connectivity index (χ0) is 20.4. The summed E-state index contributed by atoms with van der Waals surface area (Å²) in [5.41, 5.74) is 2.78.